The van der Waals surface area contributed by atoms with Gasteiger partial charge in [-0.1, -0.05) is 48.5 Å². The van der Waals surface area contributed by atoms with Gasteiger partial charge in [0.1, 0.15) is 0 Å². The molecule has 1 N–H and O–H groups in total. The number of phenolic OH excluding ortho intramolecular Hbond substituents is 1. The highest BCUT2D eigenvalue weighted by Gasteiger charge is 2.37. The topological polar surface area (TPSA) is 62.1 Å². The van der Waals surface area contributed by atoms with E-state index in [9.17, 15) is 9.90 Å². The third kappa shape index (κ3) is 5.25. The lowest BCUT2D eigenvalue weighted by atomic mass is 10.1. The number of aliphatic imine (C=N–C) groups is 1. The third-order valence-electron chi connectivity index (χ3n) is 5.14. The molecule has 1 fully saturated rings. The van der Waals surface area contributed by atoms with Crippen molar-refractivity contribution in [2.45, 2.75) is 19.9 Å². The zero-order chi connectivity index (χ0) is 23.4. The van der Waals surface area contributed by atoms with E-state index in [1.54, 1.807) is 11.0 Å². The van der Waals surface area contributed by atoms with Crippen molar-refractivity contribution in [3.63, 3.8) is 0 Å². The molecule has 3 aromatic carbocycles. The lowest BCUT2D eigenvalue weighted by molar-refractivity contribution is -0.123. The number of carbonyl (C=O) groups excluding carboxylic acids is 1. The van der Waals surface area contributed by atoms with Gasteiger partial charge in [-0.15, -0.1) is 0 Å². The van der Waals surface area contributed by atoms with Crippen LogP contribution in [-0.4, -0.2) is 27.7 Å². The van der Waals surface area contributed by atoms with E-state index in [2.05, 4.69) is 22.6 Å². The first-order valence-electron chi connectivity index (χ1n) is 10.5. The summed E-state index contributed by atoms with van der Waals surface area (Å²) in [4.78, 5) is 20.7. The van der Waals surface area contributed by atoms with E-state index in [4.69, 9.17) is 9.73 Å². The summed E-state index contributed by atoms with van der Waals surface area (Å²) in [5.41, 5.74) is 2.60. The molecule has 0 spiro atoms. The van der Waals surface area contributed by atoms with Crippen molar-refractivity contribution < 1.29 is 14.6 Å². The Balaban J connectivity index is 1.75. The molecule has 1 heterocycles. The van der Waals surface area contributed by atoms with Crippen molar-refractivity contribution in [3.05, 3.63) is 92.4 Å². The van der Waals surface area contributed by atoms with Gasteiger partial charge >= 0.3 is 0 Å². The van der Waals surface area contributed by atoms with Gasteiger partial charge in [0, 0.05) is 0 Å². The quantitative estimate of drug-likeness (QED) is 0.263. The van der Waals surface area contributed by atoms with Crippen LogP contribution in [0.5, 0.6) is 11.5 Å². The number of phenols is 1. The molecule has 1 amide bonds. The molecular formula is C26H23IN2O3S. The molecule has 0 aromatic heterocycles. The first-order chi connectivity index (χ1) is 16.0. The Labute approximate surface area is 211 Å². The SMILES string of the molecule is CCOc1cc(/C=C2/SC(=Nc3ccccc3)N([C@H](C)c3ccccc3)C2=O)cc(I)c1O. The fourth-order valence-corrected chi connectivity index (χ4v) is 5.19. The number of aromatic hydroxyl groups is 1. The summed E-state index contributed by atoms with van der Waals surface area (Å²) in [7, 11) is 0. The van der Waals surface area contributed by atoms with Crippen molar-refractivity contribution in [2.75, 3.05) is 6.61 Å². The zero-order valence-electron chi connectivity index (χ0n) is 18.2. The first kappa shape index (κ1) is 23.4. The van der Waals surface area contributed by atoms with Gasteiger partial charge in [-0.2, -0.15) is 0 Å². The van der Waals surface area contributed by atoms with Crippen LogP contribution in [0.4, 0.5) is 5.69 Å². The number of nitrogens with zero attached hydrogens (tertiary/aromatic N) is 2. The van der Waals surface area contributed by atoms with E-state index in [0.717, 1.165) is 16.8 Å². The average Bonchev–Trinajstić information content (AvgIpc) is 3.12. The molecule has 5 nitrogen and oxygen atoms in total. The van der Waals surface area contributed by atoms with Crippen molar-refractivity contribution in [1.82, 2.24) is 4.90 Å². The van der Waals surface area contributed by atoms with Gasteiger partial charge in [0.05, 0.1) is 26.8 Å². The summed E-state index contributed by atoms with van der Waals surface area (Å²) in [6.45, 7) is 4.31. The Morgan fingerprint density at radius 1 is 1.12 bits per heavy atom. The number of halogens is 1. The molecule has 1 aliphatic heterocycles. The van der Waals surface area contributed by atoms with Crippen molar-refractivity contribution in [2.24, 2.45) is 4.99 Å². The zero-order valence-corrected chi connectivity index (χ0v) is 21.2. The van der Waals surface area contributed by atoms with Gasteiger partial charge in [0.15, 0.2) is 16.7 Å². The van der Waals surface area contributed by atoms with Crippen LogP contribution in [-0.2, 0) is 4.79 Å². The molecule has 7 heteroatoms. The number of carbonyl (C=O) groups is 1. The number of hydrogen-bond acceptors (Lipinski definition) is 5. The Bertz CT molecular complexity index is 1210. The summed E-state index contributed by atoms with van der Waals surface area (Å²) in [5, 5.41) is 10.9. The van der Waals surface area contributed by atoms with Crippen LogP contribution in [0, 0.1) is 3.57 Å². The fourth-order valence-electron chi connectivity index (χ4n) is 3.49. The summed E-state index contributed by atoms with van der Waals surface area (Å²) in [6.07, 6.45) is 1.83. The number of benzene rings is 3. The molecule has 0 unspecified atom stereocenters. The van der Waals surface area contributed by atoms with Crippen LogP contribution in [0.1, 0.15) is 31.0 Å². The minimum Gasteiger partial charge on any atom is -0.504 e. The van der Waals surface area contributed by atoms with Crippen LogP contribution in [0.15, 0.2) is 82.7 Å². The van der Waals surface area contributed by atoms with Crippen LogP contribution in [0.25, 0.3) is 6.08 Å². The van der Waals surface area contributed by atoms with E-state index in [1.807, 2.05) is 86.7 Å². The second kappa shape index (κ2) is 10.4. The number of amidine groups is 1. The van der Waals surface area contributed by atoms with E-state index in [-0.39, 0.29) is 17.7 Å². The lowest BCUT2D eigenvalue weighted by Crippen LogP contribution is -2.32. The minimum absolute atomic E-state index is 0.105. The molecule has 0 radical (unpaired) electrons. The second-order valence-electron chi connectivity index (χ2n) is 7.38. The van der Waals surface area contributed by atoms with Gasteiger partial charge in [0.25, 0.3) is 5.91 Å². The van der Waals surface area contributed by atoms with Crippen LogP contribution in [0.2, 0.25) is 0 Å². The predicted molar refractivity (Wildman–Crippen MR) is 143 cm³/mol. The molecule has 3 aromatic rings. The molecule has 33 heavy (non-hydrogen) atoms. The van der Waals surface area contributed by atoms with Gasteiger partial charge in [0.2, 0.25) is 0 Å². The van der Waals surface area contributed by atoms with Crippen LogP contribution in [0.3, 0.4) is 0 Å². The summed E-state index contributed by atoms with van der Waals surface area (Å²) in [5.74, 6) is 0.405. The highest BCUT2D eigenvalue weighted by Crippen LogP contribution is 2.40. The van der Waals surface area contributed by atoms with Crippen molar-refractivity contribution in [1.29, 1.82) is 0 Å². The summed E-state index contributed by atoms with van der Waals surface area (Å²) in [6, 6.07) is 23.0. The molecule has 1 saturated heterocycles. The van der Waals surface area contributed by atoms with Crippen LogP contribution < -0.4 is 4.74 Å². The Hall–Kier alpha value is -2.78. The predicted octanol–water partition coefficient (Wildman–Crippen LogP) is 6.76. The van der Waals surface area contributed by atoms with E-state index in [0.29, 0.717) is 26.0 Å². The van der Waals surface area contributed by atoms with Gasteiger partial charge in [-0.25, -0.2) is 4.99 Å². The summed E-state index contributed by atoms with van der Waals surface area (Å²) >= 11 is 3.41. The monoisotopic (exact) mass is 570 g/mol. The molecule has 168 valence electrons. The fraction of sp³-hybridized carbons (Fsp3) is 0.154. The Morgan fingerprint density at radius 2 is 1.79 bits per heavy atom. The molecular weight excluding hydrogens is 547 g/mol. The number of ether oxygens (including phenoxy) is 1. The molecule has 1 atom stereocenters. The molecule has 0 saturated carbocycles. The number of rotatable bonds is 6. The smallest absolute Gasteiger partial charge is 0.267 e. The van der Waals surface area contributed by atoms with Crippen LogP contribution >= 0.6 is 34.4 Å². The highest BCUT2D eigenvalue weighted by molar-refractivity contribution is 14.1. The number of thioether (sulfide) groups is 1. The number of hydrogen-bond donors (Lipinski definition) is 1. The normalized spacial score (nSPS) is 17.1. The van der Waals surface area contributed by atoms with E-state index >= 15 is 0 Å². The lowest BCUT2D eigenvalue weighted by Gasteiger charge is -2.24. The third-order valence-corrected chi connectivity index (χ3v) is 6.94. The maximum absolute atomic E-state index is 13.6. The van der Waals surface area contributed by atoms with Gasteiger partial charge < -0.3 is 9.84 Å². The maximum atomic E-state index is 13.6. The average molecular weight is 570 g/mol. The molecule has 1 aliphatic rings. The second-order valence-corrected chi connectivity index (χ2v) is 9.56. The molecule has 4 rings (SSSR count). The van der Waals surface area contributed by atoms with Crippen molar-refractivity contribution in [3.8, 4) is 11.5 Å². The largest absolute Gasteiger partial charge is 0.504 e. The molecule has 0 aliphatic carbocycles. The highest BCUT2D eigenvalue weighted by atomic mass is 127. The molecule has 0 bridgehead atoms. The maximum Gasteiger partial charge on any atom is 0.267 e. The number of para-hydroxylation sites is 1. The number of amides is 1. The Morgan fingerprint density at radius 3 is 2.45 bits per heavy atom. The van der Waals surface area contributed by atoms with Crippen molar-refractivity contribution >= 4 is 57.2 Å². The summed E-state index contributed by atoms with van der Waals surface area (Å²) < 4.78 is 6.22. The van der Waals surface area contributed by atoms with E-state index < -0.39 is 0 Å². The first-order valence-corrected chi connectivity index (χ1v) is 12.4. The van der Waals surface area contributed by atoms with Gasteiger partial charge in [-0.3, -0.25) is 9.69 Å². The van der Waals surface area contributed by atoms with E-state index in [1.165, 1.54) is 11.8 Å². The minimum atomic E-state index is -0.182. The van der Waals surface area contributed by atoms with Gasteiger partial charge in [-0.05, 0) is 89.7 Å². The Kier molecular flexibility index (Phi) is 7.39. The standard InChI is InChI=1S/C26H23IN2O3S/c1-3-32-22-15-18(14-21(27)24(22)30)16-23-25(31)29(17(2)19-10-6-4-7-11-19)26(33-23)28-20-12-8-5-9-13-20/h4-17,30H,3H2,1-2H3/b23-16+,28-26?/t17-/m1/s1.